The summed E-state index contributed by atoms with van der Waals surface area (Å²) >= 11 is 0. The number of nitrogens with zero attached hydrogens (tertiary/aromatic N) is 1. The van der Waals surface area contributed by atoms with Gasteiger partial charge >= 0.3 is 0 Å². The first-order chi connectivity index (χ1) is 17.8. The molecule has 2 N–H and O–H groups in total. The molecule has 0 radical (unpaired) electrons. The number of hydrogen-bond donors (Lipinski definition) is 1. The Hall–Kier alpha value is -4.82. The van der Waals surface area contributed by atoms with Gasteiger partial charge in [0.2, 0.25) is 0 Å². The van der Waals surface area contributed by atoms with E-state index in [0.717, 1.165) is 28.3 Å². The number of fused-ring (bicyclic) bond motifs is 1. The fourth-order valence-corrected chi connectivity index (χ4v) is 4.21. The number of nitrogens with two attached hydrogens (primary N) is 1. The number of para-hydroxylation sites is 2. The molecule has 0 saturated heterocycles. The number of rotatable bonds is 4. The highest BCUT2D eigenvalue weighted by Crippen LogP contribution is 2.35. The molecular weight excluding hydrogens is 436 g/mol. The van der Waals surface area contributed by atoms with Crippen LogP contribution in [0.2, 0.25) is 0 Å². The lowest BCUT2D eigenvalue weighted by Gasteiger charge is -2.25. The number of hydrogen-bond acceptors (Lipinski definition) is 2. The Kier molecular flexibility index (Phi) is 7.06. The average Bonchev–Trinajstić information content (AvgIpc) is 2.96. The maximum absolute atomic E-state index is 5.79. The Morgan fingerprint density at radius 2 is 0.667 bits per heavy atom. The predicted octanol–water partition coefficient (Wildman–Crippen LogP) is 9.25. The fraction of sp³-hybridized carbons (Fsp3) is 0. The Bertz CT molecular complexity index is 1400. The first-order valence-electron chi connectivity index (χ1n) is 12.1. The summed E-state index contributed by atoms with van der Waals surface area (Å²) in [4.78, 5) is 2.26. The van der Waals surface area contributed by atoms with Gasteiger partial charge in [0.05, 0.1) is 0 Å². The van der Waals surface area contributed by atoms with E-state index in [0.29, 0.717) is 0 Å². The van der Waals surface area contributed by atoms with Crippen molar-refractivity contribution in [3.8, 4) is 11.1 Å². The van der Waals surface area contributed by atoms with Gasteiger partial charge in [-0.25, -0.2) is 0 Å². The monoisotopic (exact) mass is 464 g/mol. The molecule has 0 aliphatic heterocycles. The Labute approximate surface area is 212 Å². The van der Waals surface area contributed by atoms with Gasteiger partial charge in [0.1, 0.15) is 0 Å². The molecule has 6 aromatic rings. The largest absolute Gasteiger partial charge is 0.399 e. The second kappa shape index (κ2) is 11.1. The van der Waals surface area contributed by atoms with Crippen LogP contribution >= 0.6 is 0 Å². The summed E-state index contributed by atoms with van der Waals surface area (Å²) in [5, 5.41) is 2.62. The molecule has 0 heterocycles. The Morgan fingerprint density at radius 3 is 1.08 bits per heavy atom. The third-order valence-corrected chi connectivity index (χ3v) is 6.06. The van der Waals surface area contributed by atoms with Crippen LogP contribution in [0.1, 0.15) is 0 Å². The smallest absolute Gasteiger partial charge is 0.0462 e. The number of nitrogen functional groups attached to an aromatic ring is 1. The zero-order valence-electron chi connectivity index (χ0n) is 20.0. The van der Waals surface area contributed by atoms with Crippen LogP contribution in [0.15, 0.2) is 158 Å². The van der Waals surface area contributed by atoms with Crippen LogP contribution in [0.3, 0.4) is 0 Å². The van der Waals surface area contributed by atoms with E-state index in [9.17, 15) is 0 Å². The molecular formula is C34H28N2. The Balaban J connectivity index is 0.000000222. The van der Waals surface area contributed by atoms with Crippen molar-refractivity contribution in [3.63, 3.8) is 0 Å². The zero-order valence-corrected chi connectivity index (χ0v) is 20.0. The van der Waals surface area contributed by atoms with E-state index in [4.69, 9.17) is 5.73 Å². The summed E-state index contributed by atoms with van der Waals surface area (Å²) in [5.74, 6) is 0. The summed E-state index contributed by atoms with van der Waals surface area (Å²) < 4.78 is 0. The van der Waals surface area contributed by atoms with Gasteiger partial charge in [-0.1, -0.05) is 109 Å². The molecule has 174 valence electrons. The van der Waals surface area contributed by atoms with Crippen LogP contribution in [0.4, 0.5) is 22.7 Å². The van der Waals surface area contributed by atoms with Crippen molar-refractivity contribution < 1.29 is 0 Å². The van der Waals surface area contributed by atoms with E-state index in [1.807, 2.05) is 24.3 Å². The van der Waals surface area contributed by atoms with Crippen molar-refractivity contribution in [2.24, 2.45) is 0 Å². The van der Waals surface area contributed by atoms with E-state index in [-0.39, 0.29) is 0 Å². The minimum atomic E-state index is 0.782. The standard InChI is InChI=1S/C24H20N2.C10H8/c25-21-15-11-19(12-16-21)20-13-17-24(18-14-20)26(22-7-3-1-4-8-22)23-9-5-2-6-10-23;1-2-6-10-8-4-3-7-9(10)5-1/h1-18H,25H2;1-8H. The summed E-state index contributed by atoms with van der Waals surface area (Å²) in [5.41, 5.74) is 12.3. The fourth-order valence-electron chi connectivity index (χ4n) is 4.21. The van der Waals surface area contributed by atoms with Crippen molar-refractivity contribution >= 4 is 33.5 Å². The maximum atomic E-state index is 5.79. The molecule has 6 aromatic carbocycles. The van der Waals surface area contributed by atoms with Gasteiger partial charge < -0.3 is 10.6 Å². The minimum Gasteiger partial charge on any atom is -0.399 e. The van der Waals surface area contributed by atoms with Gasteiger partial charge in [-0.3, -0.25) is 0 Å². The predicted molar refractivity (Wildman–Crippen MR) is 155 cm³/mol. The molecule has 0 aliphatic carbocycles. The van der Waals surface area contributed by atoms with Crippen LogP contribution in [-0.4, -0.2) is 0 Å². The van der Waals surface area contributed by atoms with Gasteiger partial charge in [-0.2, -0.15) is 0 Å². The summed E-state index contributed by atoms with van der Waals surface area (Å²) in [6.45, 7) is 0. The van der Waals surface area contributed by atoms with Crippen molar-refractivity contribution in [1.29, 1.82) is 0 Å². The van der Waals surface area contributed by atoms with E-state index in [1.54, 1.807) is 0 Å². The SMILES string of the molecule is Nc1ccc(-c2ccc(N(c3ccccc3)c3ccccc3)cc2)cc1.c1ccc2ccccc2c1. The first kappa shape index (κ1) is 22.9. The number of anilines is 4. The van der Waals surface area contributed by atoms with E-state index < -0.39 is 0 Å². The van der Waals surface area contributed by atoms with Crippen molar-refractivity contribution in [2.75, 3.05) is 10.6 Å². The second-order valence-electron chi connectivity index (χ2n) is 8.52. The summed E-state index contributed by atoms with van der Waals surface area (Å²) in [6.07, 6.45) is 0. The summed E-state index contributed by atoms with van der Waals surface area (Å²) in [7, 11) is 0. The second-order valence-corrected chi connectivity index (χ2v) is 8.52. The molecule has 2 nitrogen and oxygen atoms in total. The van der Waals surface area contributed by atoms with Gasteiger partial charge in [-0.05, 0) is 70.4 Å². The van der Waals surface area contributed by atoms with Gasteiger partial charge in [0, 0.05) is 22.7 Å². The minimum absolute atomic E-state index is 0.782. The lowest BCUT2D eigenvalue weighted by molar-refractivity contribution is 1.28. The highest BCUT2D eigenvalue weighted by molar-refractivity contribution is 5.82. The first-order valence-corrected chi connectivity index (χ1v) is 12.1. The highest BCUT2D eigenvalue weighted by Gasteiger charge is 2.11. The topological polar surface area (TPSA) is 29.3 Å². The Morgan fingerprint density at radius 1 is 0.333 bits per heavy atom. The van der Waals surface area contributed by atoms with Crippen molar-refractivity contribution in [3.05, 3.63) is 158 Å². The van der Waals surface area contributed by atoms with Gasteiger partial charge in [0.25, 0.3) is 0 Å². The molecule has 2 heteroatoms. The zero-order chi connectivity index (χ0) is 24.6. The molecule has 0 saturated carbocycles. The van der Waals surface area contributed by atoms with Crippen molar-refractivity contribution in [1.82, 2.24) is 0 Å². The molecule has 0 aromatic heterocycles. The molecule has 0 spiro atoms. The molecule has 6 rings (SSSR count). The molecule has 36 heavy (non-hydrogen) atoms. The van der Waals surface area contributed by atoms with E-state index in [2.05, 4.69) is 138 Å². The van der Waals surface area contributed by atoms with E-state index >= 15 is 0 Å². The third kappa shape index (κ3) is 5.45. The normalized spacial score (nSPS) is 10.3. The lowest BCUT2D eigenvalue weighted by Crippen LogP contribution is -2.09. The van der Waals surface area contributed by atoms with E-state index in [1.165, 1.54) is 16.3 Å². The van der Waals surface area contributed by atoms with Crippen molar-refractivity contribution in [2.45, 2.75) is 0 Å². The third-order valence-electron chi connectivity index (χ3n) is 6.06. The molecule has 0 fully saturated rings. The molecule has 0 bridgehead atoms. The number of benzene rings is 6. The van der Waals surface area contributed by atoms with Crippen LogP contribution in [-0.2, 0) is 0 Å². The maximum Gasteiger partial charge on any atom is 0.0462 e. The summed E-state index contributed by atoms with van der Waals surface area (Å²) in [6, 6.07) is 54.1. The van der Waals surface area contributed by atoms with Crippen LogP contribution in [0.25, 0.3) is 21.9 Å². The van der Waals surface area contributed by atoms with Crippen LogP contribution < -0.4 is 10.6 Å². The molecule has 0 amide bonds. The van der Waals surface area contributed by atoms with Gasteiger partial charge in [0.15, 0.2) is 0 Å². The van der Waals surface area contributed by atoms with Crippen LogP contribution in [0, 0.1) is 0 Å². The van der Waals surface area contributed by atoms with Crippen LogP contribution in [0.5, 0.6) is 0 Å². The molecule has 0 aliphatic rings. The molecule has 0 atom stereocenters. The van der Waals surface area contributed by atoms with Gasteiger partial charge in [-0.15, -0.1) is 0 Å². The molecule has 0 unspecified atom stereocenters. The quantitative estimate of drug-likeness (QED) is 0.263. The lowest BCUT2D eigenvalue weighted by atomic mass is 10.0. The average molecular weight is 465 g/mol. The highest BCUT2D eigenvalue weighted by atomic mass is 15.1.